The molecule has 3 nitrogen and oxygen atoms in total. The number of nitro benzene ring substituents is 1. The molecule has 0 fully saturated rings. The Labute approximate surface area is 154 Å². The van der Waals surface area contributed by atoms with E-state index >= 15 is 0 Å². The topological polar surface area (TPSA) is 43.1 Å². The standard InChI is InChI=1S/C23H23NO2/c1-15-9-16(2)12-20(11-15)23(21-13-17(3)10-18(4)14-21)19-5-7-22(8-6-19)24(25)26/h5-14,23H,1-4H3. The summed E-state index contributed by atoms with van der Waals surface area (Å²) in [4.78, 5) is 10.7. The summed E-state index contributed by atoms with van der Waals surface area (Å²) in [5.41, 5.74) is 8.47. The van der Waals surface area contributed by atoms with E-state index in [9.17, 15) is 10.1 Å². The maximum Gasteiger partial charge on any atom is 0.269 e. The first-order chi connectivity index (χ1) is 12.3. The molecule has 0 saturated carbocycles. The van der Waals surface area contributed by atoms with Crippen LogP contribution in [0.25, 0.3) is 0 Å². The average Bonchev–Trinajstić information content (AvgIpc) is 2.53. The molecule has 0 radical (unpaired) electrons. The monoisotopic (exact) mass is 345 g/mol. The van der Waals surface area contributed by atoms with Gasteiger partial charge in [0.2, 0.25) is 0 Å². The molecule has 0 atom stereocenters. The van der Waals surface area contributed by atoms with E-state index in [1.54, 1.807) is 12.1 Å². The molecule has 0 N–H and O–H groups in total. The lowest BCUT2D eigenvalue weighted by atomic mass is 9.83. The third kappa shape index (κ3) is 3.83. The number of non-ortho nitro benzene ring substituents is 1. The summed E-state index contributed by atoms with van der Waals surface area (Å²) in [6, 6.07) is 20.1. The minimum atomic E-state index is -0.355. The molecule has 3 aromatic carbocycles. The van der Waals surface area contributed by atoms with Crippen LogP contribution < -0.4 is 0 Å². The zero-order valence-electron chi connectivity index (χ0n) is 15.6. The van der Waals surface area contributed by atoms with Crippen molar-refractivity contribution >= 4 is 5.69 Å². The van der Waals surface area contributed by atoms with Crippen LogP contribution in [0.15, 0.2) is 60.7 Å². The Morgan fingerprint density at radius 2 is 1.04 bits per heavy atom. The molecule has 0 aliphatic heterocycles. The summed E-state index contributed by atoms with van der Waals surface area (Å²) in [5, 5.41) is 11.0. The molecule has 0 saturated heterocycles. The van der Waals surface area contributed by atoms with Crippen molar-refractivity contribution < 1.29 is 4.92 Å². The van der Waals surface area contributed by atoms with Gasteiger partial charge >= 0.3 is 0 Å². The van der Waals surface area contributed by atoms with Crippen LogP contribution in [0.5, 0.6) is 0 Å². The number of nitro groups is 1. The maximum absolute atomic E-state index is 11.0. The molecule has 0 spiro atoms. The maximum atomic E-state index is 11.0. The predicted octanol–water partition coefficient (Wildman–Crippen LogP) is 6.01. The van der Waals surface area contributed by atoms with Crippen LogP contribution in [0.2, 0.25) is 0 Å². The zero-order valence-corrected chi connectivity index (χ0v) is 15.6. The molecule has 3 heteroatoms. The number of benzene rings is 3. The molecule has 0 aliphatic carbocycles. The van der Waals surface area contributed by atoms with E-state index in [1.165, 1.54) is 33.4 Å². The highest BCUT2D eigenvalue weighted by Gasteiger charge is 2.19. The Morgan fingerprint density at radius 3 is 1.38 bits per heavy atom. The fourth-order valence-corrected chi connectivity index (χ4v) is 3.72. The van der Waals surface area contributed by atoms with Gasteiger partial charge in [0.25, 0.3) is 5.69 Å². The van der Waals surface area contributed by atoms with E-state index in [0.717, 1.165) is 5.56 Å². The van der Waals surface area contributed by atoms with E-state index in [2.05, 4.69) is 64.1 Å². The Morgan fingerprint density at radius 1 is 0.654 bits per heavy atom. The fraction of sp³-hybridized carbons (Fsp3) is 0.217. The molecular formula is C23H23NO2. The largest absolute Gasteiger partial charge is 0.269 e. The molecule has 0 bridgehead atoms. The highest BCUT2D eigenvalue weighted by Crippen LogP contribution is 2.34. The van der Waals surface area contributed by atoms with Crippen molar-refractivity contribution in [2.45, 2.75) is 33.6 Å². The lowest BCUT2D eigenvalue weighted by molar-refractivity contribution is -0.384. The Balaban J connectivity index is 2.19. The van der Waals surface area contributed by atoms with E-state index in [1.807, 2.05) is 12.1 Å². The van der Waals surface area contributed by atoms with E-state index in [4.69, 9.17) is 0 Å². The summed E-state index contributed by atoms with van der Waals surface area (Å²) in [6.45, 7) is 8.41. The smallest absolute Gasteiger partial charge is 0.258 e. The zero-order chi connectivity index (χ0) is 18.8. The molecule has 0 unspecified atom stereocenters. The van der Waals surface area contributed by atoms with Crippen molar-refractivity contribution in [3.05, 3.63) is 110 Å². The Bertz CT molecular complexity index is 866. The number of rotatable bonds is 4. The molecule has 0 aromatic heterocycles. The summed E-state index contributed by atoms with van der Waals surface area (Å²) in [6.07, 6.45) is 0. The second kappa shape index (κ2) is 7.12. The van der Waals surface area contributed by atoms with Gasteiger partial charge in [0.1, 0.15) is 0 Å². The quantitative estimate of drug-likeness (QED) is 0.330. The van der Waals surface area contributed by atoms with Crippen LogP contribution in [-0.2, 0) is 0 Å². The molecule has 0 amide bonds. The highest BCUT2D eigenvalue weighted by molar-refractivity contribution is 5.48. The van der Waals surface area contributed by atoms with Crippen molar-refractivity contribution in [3.63, 3.8) is 0 Å². The third-order valence-electron chi connectivity index (χ3n) is 4.59. The van der Waals surface area contributed by atoms with Gasteiger partial charge in [-0.05, 0) is 44.4 Å². The van der Waals surface area contributed by atoms with E-state index in [-0.39, 0.29) is 16.5 Å². The number of hydrogen-bond acceptors (Lipinski definition) is 2. The molecule has 0 heterocycles. The number of nitrogens with zero attached hydrogens (tertiary/aromatic N) is 1. The SMILES string of the molecule is Cc1cc(C)cc(C(c2ccc([N+](=O)[O-])cc2)c2cc(C)cc(C)c2)c1. The summed E-state index contributed by atoms with van der Waals surface area (Å²) in [5.74, 6) is 0.0491. The Hall–Kier alpha value is -2.94. The van der Waals surface area contributed by atoms with Gasteiger partial charge in [0.15, 0.2) is 0 Å². The van der Waals surface area contributed by atoms with Gasteiger partial charge in [-0.15, -0.1) is 0 Å². The molecule has 3 rings (SSSR count). The summed E-state index contributed by atoms with van der Waals surface area (Å²) in [7, 11) is 0. The van der Waals surface area contributed by atoms with Crippen LogP contribution in [0, 0.1) is 37.8 Å². The summed E-state index contributed by atoms with van der Waals surface area (Å²) < 4.78 is 0. The van der Waals surface area contributed by atoms with Crippen LogP contribution in [0.4, 0.5) is 5.69 Å². The van der Waals surface area contributed by atoms with Crippen molar-refractivity contribution in [2.75, 3.05) is 0 Å². The van der Waals surface area contributed by atoms with Crippen molar-refractivity contribution in [1.82, 2.24) is 0 Å². The molecule has 26 heavy (non-hydrogen) atoms. The van der Waals surface area contributed by atoms with Gasteiger partial charge < -0.3 is 0 Å². The number of aryl methyl sites for hydroxylation is 4. The normalized spacial score (nSPS) is 11.0. The van der Waals surface area contributed by atoms with Crippen molar-refractivity contribution in [2.24, 2.45) is 0 Å². The van der Waals surface area contributed by atoms with Gasteiger partial charge in [-0.2, -0.15) is 0 Å². The van der Waals surface area contributed by atoms with Gasteiger partial charge in [-0.1, -0.05) is 70.8 Å². The molecule has 0 aliphatic rings. The predicted molar refractivity (Wildman–Crippen MR) is 106 cm³/mol. The average molecular weight is 345 g/mol. The van der Waals surface area contributed by atoms with Crippen LogP contribution in [0.1, 0.15) is 44.9 Å². The van der Waals surface area contributed by atoms with Crippen LogP contribution in [-0.4, -0.2) is 4.92 Å². The van der Waals surface area contributed by atoms with Gasteiger partial charge in [0, 0.05) is 18.1 Å². The second-order valence-corrected chi connectivity index (χ2v) is 7.12. The van der Waals surface area contributed by atoms with E-state index < -0.39 is 0 Å². The van der Waals surface area contributed by atoms with Crippen molar-refractivity contribution in [3.8, 4) is 0 Å². The first-order valence-corrected chi connectivity index (χ1v) is 8.74. The minimum Gasteiger partial charge on any atom is -0.258 e. The fourth-order valence-electron chi connectivity index (χ4n) is 3.72. The number of hydrogen-bond donors (Lipinski definition) is 0. The second-order valence-electron chi connectivity index (χ2n) is 7.12. The molecular weight excluding hydrogens is 322 g/mol. The lowest BCUT2D eigenvalue weighted by Gasteiger charge is -2.21. The van der Waals surface area contributed by atoms with Gasteiger partial charge in [-0.25, -0.2) is 0 Å². The van der Waals surface area contributed by atoms with Gasteiger partial charge in [0.05, 0.1) is 4.92 Å². The van der Waals surface area contributed by atoms with Crippen molar-refractivity contribution in [1.29, 1.82) is 0 Å². The minimum absolute atomic E-state index is 0.0491. The van der Waals surface area contributed by atoms with Crippen LogP contribution >= 0.6 is 0 Å². The third-order valence-corrected chi connectivity index (χ3v) is 4.59. The van der Waals surface area contributed by atoms with Crippen LogP contribution in [0.3, 0.4) is 0 Å². The first-order valence-electron chi connectivity index (χ1n) is 8.74. The van der Waals surface area contributed by atoms with E-state index in [0.29, 0.717) is 0 Å². The summed E-state index contributed by atoms with van der Waals surface area (Å²) >= 11 is 0. The lowest BCUT2D eigenvalue weighted by Crippen LogP contribution is -2.05. The molecule has 3 aromatic rings. The highest BCUT2D eigenvalue weighted by atomic mass is 16.6. The Kier molecular flexibility index (Phi) is 4.90. The van der Waals surface area contributed by atoms with Gasteiger partial charge in [-0.3, -0.25) is 10.1 Å². The first kappa shape index (κ1) is 17.9. The molecule has 132 valence electrons.